The minimum atomic E-state index is -0.854. The molecule has 0 radical (unpaired) electrons. The van der Waals surface area contributed by atoms with E-state index >= 15 is 0 Å². The molecule has 1 amide bonds. The van der Waals surface area contributed by atoms with Crippen LogP contribution in [0.4, 0.5) is 0 Å². The predicted molar refractivity (Wildman–Crippen MR) is 112 cm³/mol. The molecule has 6 nitrogen and oxygen atoms in total. The number of aliphatic carboxylic acids is 1. The lowest BCUT2D eigenvalue weighted by Gasteiger charge is -2.49. The van der Waals surface area contributed by atoms with Gasteiger partial charge >= 0.3 is 5.97 Å². The smallest absolute Gasteiger partial charge is 0.304 e. The molecule has 1 unspecified atom stereocenters. The standard InChI is InChI=1S/C21H33N3O3S/c1-23-9-11-24(12-10-23)21(7-3-2-4-8-21)16-22-19(25)14-17(15-20(26)27)18-6-5-13-28-18/h5-6,13,17H,2-4,7-12,14-16H2,1H3,(H,22,25)(H,26,27). The Morgan fingerprint density at radius 1 is 1.18 bits per heavy atom. The molecule has 3 rings (SSSR count). The van der Waals surface area contributed by atoms with Crippen LogP contribution in [0, 0.1) is 0 Å². The Hall–Kier alpha value is -1.44. The fourth-order valence-electron chi connectivity index (χ4n) is 4.66. The quantitative estimate of drug-likeness (QED) is 0.693. The molecular formula is C21H33N3O3S. The molecule has 0 bridgehead atoms. The zero-order valence-electron chi connectivity index (χ0n) is 16.9. The van der Waals surface area contributed by atoms with Crippen LogP contribution in [-0.2, 0) is 9.59 Å². The van der Waals surface area contributed by atoms with Gasteiger partial charge in [0.1, 0.15) is 0 Å². The predicted octanol–water partition coefficient (Wildman–Crippen LogP) is 2.76. The fraction of sp³-hybridized carbons (Fsp3) is 0.714. The molecule has 1 saturated heterocycles. The number of carbonyl (C=O) groups excluding carboxylic acids is 1. The average Bonchev–Trinajstić information content (AvgIpc) is 3.22. The molecule has 7 heteroatoms. The minimum absolute atomic E-state index is 0.00244. The Labute approximate surface area is 171 Å². The number of nitrogens with one attached hydrogen (secondary N) is 1. The highest BCUT2D eigenvalue weighted by Gasteiger charge is 2.39. The summed E-state index contributed by atoms with van der Waals surface area (Å²) in [5.74, 6) is -1.13. The van der Waals surface area contributed by atoms with Crippen LogP contribution in [-0.4, -0.2) is 72.1 Å². The third-order valence-corrected chi connectivity index (χ3v) is 7.41. The Morgan fingerprint density at radius 2 is 1.89 bits per heavy atom. The van der Waals surface area contributed by atoms with Crippen LogP contribution in [0.1, 0.15) is 55.7 Å². The number of rotatable bonds is 8. The maximum atomic E-state index is 12.7. The highest BCUT2D eigenvalue weighted by molar-refractivity contribution is 7.10. The van der Waals surface area contributed by atoms with Crippen LogP contribution in [0.15, 0.2) is 17.5 Å². The van der Waals surface area contributed by atoms with Crippen molar-refractivity contribution in [3.8, 4) is 0 Å². The Balaban J connectivity index is 1.60. The van der Waals surface area contributed by atoms with Crippen molar-refractivity contribution >= 4 is 23.2 Å². The molecule has 1 atom stereocenters. The maximum Gasteiger partial charge on any atom is 0.304 e. The molecule has 1 aliphatic carbocycles. The third kappa shape index (κ3) is 5.55. The first-order chi connectivity index (χ1) is 13.5. The van der Waals surface area contributed by atoms with Gasteiger partial charge in [0.25, 0.3) is 0 Å². The average molecular weight is 408 g/mol. The molecule has 2 fully saturated rings. The number of likely N-dealkylation sites (N-methyl/N-ethyl adjacent to an activating group) is 1. The molecule has 2 aliphatic rings. The summed E-state index contributed by atoms with van der Waals surface area (Å²) in [6.07, 6.45) is 6.24. The minimum Gasteiger partial charge on any atom is -0.481 e. The van der Waals surface area contributed by atoms with E-state index in [1.54, 1.807) is 0 Å². The Morgan fingerprint density at radius 3 is 2.50 bits per heavy atom. The Kier molecular flexibility index (Phi) is 7.48. The van der Waals surface area contributed by atoms with Crippen molar-refractivity contribution in [2.75, 3.05) is 39.8 Å². The largest absolute Gasteiger partial charge is 0.481 e. The molecule has 0 aromatic carbocycles. The van der Waals surface area contributed by atoms with Gasteiger partial charge in [-0.3, -0.25) is 14.5 Å². The normalized spacial score (nSPS) is 21.9. The zero-order chi connectivity index (χ0) is 20.0. The molecule has 1 aromatic rings. The number of thiophene rings is 1. The second-order valence-electron chi connectivity index (χ2n) is 8.37. The number of nitrogens with zero attached hydrogens (tertiary/aromatic N) is 2. The van der Waals surface area contributed by atoms with Crippen molar-refractivity contribution < 1.29 is 14.7 Å². The van der Waals surface area contributed by atoms with Crippen LogP contribution in [0.5, 0.6) is 0 Å². The second-order valence-corrected chi connectivity index (χ2v) is 9.35. The number of piperazine rings is 1. The van der Waals surface area contributed by atoms with Crippen LogP contribution < -0.4 is 5.32 Å². The van der Waals surface area contributed by atoms with Gasteiger partial charge in [-0.1, -0.05) is 25.3 Å². The van der Waals surface area contributed by atoms with E-state index in [1.165, 1.54) is 30.6 Å². The van der Waals surface area contributed by atoms with E-state index in [0.29, 0.717) is 6.54 Å². The van der Waals surface area contributed by atoms with Gasteiger partial charge in [-0.25, -0.2) is 0 Å². The van der Waals surface area contributed by atoms with Crippen molar-refractivity contribution in [1.29, 1.82) is 0 Å². The molecule has 156 valence electrons. The van der Waals surface area contributed by atoms with Crippen molar-refractivity contribution in [1.82, 2.24) is 15.1 Å². The number of carboxylic acid groups (broad SMARTS) is 1. The monoisotopic (exact) mass is 407 g/mol. The van der Waals surface area contributed by atoms with E-state index in [9.17, 15) is 14.7 Å². The van der Waals surface area contributed by atoms with Crippen molar-refractivity contribution in [3.05, 3.63) is 22.4 Å². The fourth-order valence-corrected chi connectivity index (χ4v) is 5.49. The van der Waals surface area contributed by atoms with E-state index in [-0.39, 0.29) is 30.2 Å². The van der Waals surface area contributed by atoms with Crippen molar-refractivity contribution in [2.24, 2.45) is 0 Å². The van der Waals surface area contributed by atoms with Gasteiger partial charge in [-0.2, -0.15) is 0 Å². The molecule has 1 saturated carbocycles. The van der Waals surface area contributed by atoms with Crippen LogP contribution in [0.3, 0.4) is 0 Å². The Bertz CT molecular complexity index is 635. The number of carbonyl (C=O) groups is 2. The molecule has 28 heavy (non-hydrogen) atoms. The first-order valence-electron chi connectivity index (χ1n) is 10.4. The molecule has 2 heterocycles. The summed E-state index contributed by atoms with van der Waals surface area (Å²) in [5.41, 5.74) is 0.0698. The van der Waals surface area contributed by atoms with E-state index < -0.39 is 5.97 Å². The van der Waals surface area contributed by atoms with Gasteiger partial charge in [-0.05, 0) is 31.3 Å². The summed E-state index contributed by atoms with van der Waals surface area (Å²) in [4.78, 5) is 29.9. The zero-order valence-corrected chi connectivity index (χ0v) is 17.7. The summed E-state index contributed by atoms with van der Waals surface area (Å²) in [6.45, 7) is 4.95. The summed E-state index contributed by atoms with van der Waals surface area (Å²) in [6, 6.07) is 3.84. The third-order valence-electron chi connectivity index (χ3n) is 6.37. The molecule has 2 N–H and O–H groups in total. The van der Waals surface area contributed by atoms with Crippen molar-refractivity contribution in [3.63, 3.8) is 0 Å². The lowest BCUT2D eigenvalue weighted by Crippen LogP contribution is -2.61. The lowest BCUT2D eigenvalue weighted by molar-refractivity contribution is -0.137. The molecule has 1 aliphatic heterocycles. The lowest BCUT2D eigenvalue weighted by atomic mass is 9.79. The summed E-state index contributed by atoms with van der Waals surface area (Å²) in [7, 11) is 2.17. The molecule has 1 aromatic heterocycles. The number of hydrogen-bond donors (Lipinski definition) is 2. The molecular weight excluding hydrogens is 374 g/mol. The second kappa shape index (κ2) is 9.85. The van der Waals surface area contributed by atoms with E-state index in [1.807, 2.05) is 17.5 Å². The first kappa shape index (κ1) is 21.3. The van der Waals surface area contributed by atoms with Gasteiger partial charge in [0.15, 0.2) is 0 Å². The first-order valence-corrected chi connectivity index (χ1v) is 11.3. The van der Waals surface area contributed by atoms with E-state index in [0.717, 1.165) is 43.9 Å². The van der Waals surface area contributed by atoms with Crippen LogP contribution in [0.25, 0.3) is 0 Å². The van der Waals surface area contributed by atoms with Crippen molar-refractivity contribution in [2.45, 2.75) is 56.4 Å². The summed E-state index contributed by atoms with van der Waals surface area (Å²) < 4.78 is 0. The number of amides is 1. The van der Waals surface area contributed by atoms with Gasteiger partial charge in [0, 0.05) is 55.5 Å². The summed E-state index contributed by atoms with van der Waals surface area (Å²) in [5, 5.41) is 14.3. The number of hydrogen-bond acceptors (Lipinski definition) is 5. The maximum absolute atomic E-state index is 12.7. The van der Waals surface area contributed by atoms with Gasteiger partial charge in [-0.15, -0.1) is 11.3 Å². The highest BCUT2D eigenvalue weighted by Crippen LogP contribution is 2.34. The number of carboxylic acids is 1. The van der Waals surface area contributed by atoms with Gasteiger partial charge in [0.2, 0.25) is 5.91 Å². The van der Waals surface area contributed by atoms with Gasteiger partial charge in [0.05, 0.1) is 6.42 Å². The van der Waals surface area contributed by atoms with Gasteiger partial charge < -0.3 is 15.3 Å². The van der Waals surface area contributed by atoms with E-state index in [2.05, 4.69) is 22.2 Å². The summed E-state index contributed by atoms with van der Waals surface area (Å²) >= 11 is 1.53. The molecule has 0 spiro atoms. The van der Waals surface area contributed by atoms with Crippen LogP contribution in [0.2, 0.25) is 0 Å². The highest BCUT2D eigenvalue weighted by atomic mass is 32.1. The SMILES string of the molecule is CN1CCN(C2(CNC(=O)CC(CC(=O)O)c3cccs3)CCCCC2)CC1. The topological polar surface area (TPSA) is 72.9 Å². The van der Waals surface area contributed by atoms with Crippen LogP contribution >= 0.6 is 11.3 Å². The van der Waals surface area contributed by atoms with E-state index in [4.69, 9.17) is 0 Å².